The normalized spacial score (nSPS) is 12.2. The van der Waals surface area contributed by atoms with Crippen LogP contribution in [-0.2, 0) is 12.8 Å². The van der Waals surface area contributed by atoms with Crippen LogP contribution in [0.4, 0.5) is 0 Å². The smallest absolute Gasteiger partial charge is 0.123 e. The van der Waals surface area contributed by atoms with Crippen LogP contribution in [0.1, 0.15) is 47.0 Å². The van der Waals surface area contributed by atoms with Crippen molar-refractivity contribution in [3.8, 4) is 5.75 Å². The fourth-order valence-corrected chi connectivity index (χ4v) is 3.02. The molecule has 0 saturated carbocycles. The highest BCUT2D eigenvalue weighted by Gasteiger charge is 2.18. The van der Waals surface area contributed by atoms with Crippen LogP contribution < -0.4 is 4.74 Å². The largest absolute Gasteiger partial charge is 0.496 e. The Kier molecular flexibility index (Phi) is 5.30. The molecule has 0 bridgehead atoms. The van der Waals surface area contributed by atoms with E-state index in [-0.39, 0.29) is 5.38 Å². The van der Waals surface area contributed by atoms with Gasteiger partial charge in [0, 0.05) is 5.56 Å². The third-order valence-electron chi connectivity index (χ3n) is 3.93. The van der Waals surface area contributed by atoms with Crippen molar-refractivity contribution < 1.29 is 4.74 Å². The Labute approximate surface area is 132 Å². The van der Waals surface area contributed by atoms with E-state index in [9.17, 15) is 0 Å². The van der Waals surface area contributed by atoms with Gasteiger partial charge in [0.2, 0.25) is 0 Å². The van der Waals surface area contributed by atoms with Crippen LogP contribution in [0.15, 0.2) is 36.4 Å². The highest BCUT2D eigenvalue weighted by molar-refractivity contribution is 6.23. The molecule has 0 heterocycles. The van der Waals surface area contributed by atoms with Crippen LogP contribution in [0.3, 0.4) is 0 Å². The minimum absolute atomic E-state index is 0.179. The molecule has 0 amide bonds. The Morgan fingerprint density at radius 3 is 2.38 bits per heavy atom. The maximum Gasteiger partial charge on any atom is 0.123 e. The van der Waals surface area contributed by atoms with Crippen molar-refractivity contribution >= 4 is 11.6 Å². The molecule has 2 heteroatoms. The molecule has 0 radical (unpaired) electrons. The maximum atomic E-state index is 6.82. The molecule has 112 valence electrons. The first-order valence-electron chi connectivity index (χ1n) is 7.51. The molecule has 0 fully saturated rings. The highest BCUT2D eigenvalue weighted by atomic mass is 35.5. The number of alkyl halides is 1. The van der Waals surface area contributed by atoms with Crippen LogP contribution in [0.25, 0.3) is 0 Å². The zero-order chi connectivity index (χ0) is 15.4. The van der Waals surface area contributed by atoms with Crippen molar-refractivity contribution in [3.05, 3.63) is 64.2 Å². The highest BCUT2D eigenvalue weighted by Crippen LogP contribution is 2.37. The van der Waals surface area contributed by atoms with Gasteiger partial charge in [0.05, 0.1) is 12.5 Å². The van der Waals surface area contributed by atoms with Crippen LogP contribution in [0, 0.1) is 6.92 Å². The topological polar surface area (TPSA) is 9.23 Å². The molecule has 21 heavy (non-hydrogen) atoms. The SMILES string of the molecule is CCc1ccc(CC)c(C(Cl)c2cc(C)ccc2OC)c1. The Morgan fingerprint density at radius 2 is 1.76 bits per heavy atom. The Morgan fingerprint density at radius 1 is 1.00 bits per heavy atom. The van der Waals surface area contributed by atoms with Crippen molar-refractivity contribution in [3.63, 3.8) is 0 Å². The molecule has 1 unspecified atom stereocenters. The number of benzene rings is 2. The van der Waals surface area contributed by atoms with Gasteiger partial charge in [-0.3, -0.25) is 0 Å². The van der Waals surface area contributed by atoms with E-state index in [1.165, 1.54) is 22.3 Å². The molecule has 2 rings (SSSR count). The number of hydrogen-bond donors (Lipinski definition) is 0. The van der Waals surface area contributed by atoms with Gasteiger partial charge in [-0.1, -0.05) is 49.7 Å². The summed E-state index contributed by atoms with van der Waals surface area (Å²) in [5.41, 5.74) is 6.06. The molecule has 1 nitrogen and oxygen atoms in total. The van der Waals surface area contributed by atoms with E-state index in [0.717, 1.165) is 24.2 Å². The van der Waals surface area contributed by atoms with Crippen LogP contribution in [0.5, 0.6) is 5.75 Å². The summed E-state index contributed by atoms with van der Waals surface area (Å²) in [5, 5.41) is -0.179. The third kappa shape index (κ3) is 3.41. The van der Waals surface area contributed by atoms with Gasteiger partial charge in [-0.25, -0.2) is 0 Å². The van der Waals surface area contributed by atoms with Gasteiger partial charge in [-0.15, -0.1) is 11.6 Å². The van der Waals surface area contributed by atoms with Crippen LogP contribution >= 0.6 is 11.6 Å². The Balaban J connectivity index is 2.53. The van der Waals surface area contributed by atoms with Crippen molar-refractivity contribution in [1.82, 2.24) is 0 Å². The molecule has 0 aliphatic rings. The first-order chi connectivity index (χ1) is 10.1. The van der Waals surface area contributed by atoms with Crippen molar-refractivity contribution in [2.45, 2.75) is 39.0 Å². The molecule has 2 aromatic carbocycles. The number of hydrogen-bond acceptors (Lipinski definition) is 1. The number of aryl methyl sites for hydroxylation is 3. The van der Waals surface area contributed by atoms with Gasteiger partial charge in [-0.2, -0.15) is 0 Å². The molecular formula is C19H23ClO. The monoisotopic (exact) mass is 302 g/mol. The van der Waals surface area contributed by atoms with Gasteiger partial charge in [0.15, 0.2) is 0 Å². The molecule has 0 aliphatic carbocycles. The van der Waals surface area contributed by atoms with Gasteiger partial charge in [-0.05, 0) is 42.5 Å². The first-order valence-corrected chi connectivity index (χ1v) is 7.94. The fraction of sp³-hybridized carbons (Fsp3) is 0.368. The summed E-state index contributed by atoms with van der Waals surface area (Å²) in [6, 6.07) is 12.8. The predicted molar refractivity (Wildman–Crippen MR) is 90.6 cm³/mol. The molecule has 1 atom stereocenters. The quantitative estimate of drug-likeness (QED) is 0.667. The summed E-state index contributed by atoms with van der Waals surface area (Å²) in [4.78, 5) is 0. The minimum atomic E-state index is -0.179. The van der Waals surface area contributed by atoms with Gasteiger partial charge >= 0.3 is 0 Å². The summed E-state index contributed by atoms with van der Waals surface area (Å²) in [7, 11) is 1.70. The molecule has 0 saturated heterocycles. The van der Waals surface area contributed by atoms with E-state index in [1.54, 1.807) is 7.11 Å². The standard InChI is InChI=1S/C19H23ClO/c1-5-14-8-9-15(6-2)16(12-14)19(20)17-11-13(3)7-10-18(17)21-4/h7-12,19H,5-6H2,1-4H3. The second kappa shape index (κ2) is 7.00. The van der Waals surface area contributed by atoms with Crippen molar-refractivity contribution in [1.29, 1.82) is 0 Å². The van der Waals surface area contributed by atoms with E-state index in [0.29, 0.717) is 0 Å². The van der Waals surface area contributed by atoms with Gasteiger partial charge in [0.1, 0.15) is 5.75 Å². The summed E-state index contributed by atoms with van der Waals surface area (Å²) in [6.07, 6.45) is 2.00. The Bertz CT molecular complexity index is 619. The number of ether oxygens (including phenoxy) is 1. The van der Waals surface area contributed by atoms with Crippen LogP contribution in [0.2, 0.25) is 0 Å². The molecule has 0 N–H and O–H groups in total. The van der Waals surface area contributed by atoms with E-state index >= 15 is 0 Å². The van der Waals surface area contributed by atoms with E-state index in [4.69, 9.17) is 16.3 Å². The summed E-state index contributed by atoms with van der Waals surface area (Å²) < 4.78 is 5.49. The molecule has 0 aliphatic heterocycles. The van der Waals surface area contributed by atoms with E-state index in [2.05, 4.69) is 51.1 Å². The van der Waals surface area contributed by atoms with Crippen LogP contribution in [-0.4, -0.2) is 7.11 Å². The lowest BCUT2D eigenvalue weighted by atomic mass is 9.94. The Hall–Kier alpha value is -1.47. The average Bonchev–Trinajstić information content (AvgIpc) is 2.53. The molecular weight excluding hydrogens is 280 g/mol. The molecule has 0 spiro atoms. The summed E-state index contributed by atoms with van der Waals surface area (Å²) in [5.74, 6) is 0.851. The van der Waals surface area contributed by atoms with Gasteiger partial charge < -0.3 is 4.74 Å². The lowest BCUT2D eigenvalue weighted by Crippen LogP contribution is -2.02. The van der Waals surface area contributed by atoms with E-state index in [1.807, 2.05) is 6.07 Å². The van der Waals surface area contributed by atoms with E-state index < -0.39 is 0 Å². The number of halogens is 1. The second-order valence-electron chi connectivity index (χ2n) is 5.35. The molecule has 0 aromatic heterocycles. The number of rotatable bonds is 5. The lowest BCUT2D eigenvalue weighted by Gasteiger charge is -2.19. The summed E-state index contributed by atoms with van der Waals surface area (Å²) in [6.45, 7) is 6.42. The third-order valence-corrected chi connectivity index (χ3v) is 4.40. The summed E-state index contributed by atoms with van der Waals surface area (Å²) >= 11 is 6.82. The zero-order valence-electron chi connectivity index (χ0n) is 13.2. The minimum Gasteiger partial charge on any atom is -0.496 e. The first kappa shape index (κ1) is 15.9. The van der Waals surface area contributed by atoms with Crippen molar-refractivity contribution in [2.75, 3.05) is 7.11 Å². The van der Waals surface area contributed by atoms with Gasteiger partial charge in [0.25, 0.3) is 0 Å². The predicted octanol–water partition coefficient (Wildman–Crippen LogP) is 5.46. The molecule has 2 aromatic rings. The number of methoxy groups -OCH3 is 1. The maximum absolute atomic E-state index is 6.82. The second-order valence-corrected chi connectivity index (χ2v) is 5.78. The fourth-order valence-electron chi connectivity index (χ4n) is 2.64. The zero-order valence-corrected chi connectivity index (χ0v) is 14.0. The average molecular weight is 303 g/mol. The van der Waals surface area contributed by atoms with Crippen molar-refractivity contribution in [2.24, 2.45) is 0 Å². The lowest BCUT2D eigenvalue weighted by molar-refractivity contribution is 0.410.